The molecule has 0 saturated carbocycles. The van der Waals surface area contributed by atoms with Crippen LogP contribution in [0.3, 0.4) is 0 Å². The maximum atomic E-state index is 5.13. The number of rotatable bonds is 5. The molecule has 0 aromatic carbocycles. The van der Waals surface area contributed by atoms with Gasteiger partial charge in [-0.1, -0.05) is 13.8 Å². The molecule has 2 fully saturated rings. The number of fused-ring (bicyclic) bond motifs is 3. The minimum absolute atomic E-state index is 0.538. The van der Waals surface area contributed by atoms with E-state index in [-0.39, 0.29) is 0 Å². The van der Waals surface area contributed by atoms with Crippen LogP contribution in [-0.4, -0.2) is 58.5 Å². The van der Waals surface area contributed by atoms with Gasteiger partial charge in [0.25, 0.3) is 0 Å². The largest absolute Gasteiger partial charge is 0.367 e. The highest BCUT2D eigenvalue weighted by Gasteiger charge is 2.26. The number of aromatic nitrogens is 2. The summed E-state index contributed by atoms with van der Waals surface area (Å²) >= 11 is 1.93. The summed E-state index contributed by atoms with van der Waals surface area (Å²) in [5, 5.41) is 5.22. The van der Waals surface area contributed by atoms with Crippen LogP contribution >= 0.6 is 11.3 Å². The van der Waals surface area contributed by atoms with E-state index in [1.807, 2.05) is 11.3 Å². The summed E-state index contributed by atoms with van der Waals surface area (Å²) in [5.74, 6) is 3.01. The molecule has 0 spiro atoms. The maximum absolute atomic E-state index is 5.13. The number of likely N-dealkylation sites (tertiary alicyclic amines) is 2. The second-order valence-corrected chi connectivity index (χ2v) is 10.4. The molecule has 29 heavy (non-hydrogen) atoms. The van der Waals surface area contributed by atoms with Gasteiger partial charge < -0.3 is 10.2 Å². The van der Waals surface area contributed by atoms with Crippen LogP contribution in [0.25, 0.3) is 10.2 Å². The molecule has 2 aromatic rings. The molecule has 3 aliphatic rings. The molecule has 0 bridgehead atoms. The average molecular weight is 414 g/mol. The minimum Gasteiger partial charge on any atom is -0.367 e. The lowest BCUT2D eigenvalue weighted by Crippen LogP contribution is -2.39. The van der Waals surface area contributed by atoms with Crippen molar-refractivity contribution in [3.8, 4) is 0 Å². The highest BCUT2D eigenvalue weighted by atomic mass is 32.1. The number of nitrogens with zero attached hydrogens (tertiary/aromatic N) is 4. The number of anilines is 1. The second kappa shape index (κ2) is 8.48. The fourth-order valence-corrected chi connectivity index (χ4v) is 6.50. The van der Waals surface area contributed by atoms with Gasteiger partial charge in [-0.15, -0.1) is 11.3 Å². The zero-order chi connectivity index (χ0) is 19.8. The Hall–Kier alpha value is -1.24. The van der Waals surface area contributed by atoms with E-state index in [0.717, 1.165) is 24.1 Å². The molecule has 0 unspecified atom stereocenters. The van der Waals surface area contributed by atoms with Crippen molar-refractivity contribution in [3.05, 3.63) is 16.3 Å². The van der Waals surface area contributed by atoms with Crippen LogP contribution in [0.5, 0.6) is 0 Å². The van der Waals surface area contributed by atoms with E-state index < -0.39 is 0 Å². The van der Waals surface area contributed by atoms with Gasteiger partial charge in [-0.05, 0) is 76.1 Å². The first-order valence-corrected chi connectivity index (χ1v) is 12.5. The summed E-state index contributed by atoms with van der Waals surface area (Å²) in [7, 11) is 0. The monoisotopic (exact) mass is 413 g/mol. The molecule has 4 heterocycles. The molecule has 5 rings (SSSR count). The van der Waals surface area contributed by atoms with Crippen molar-refractivity contribution in [2.75, 3.05) is 38.0 Å². The van der Waals surface area contributed by atoms with Crippen LogP contribution < -0.4 is 5.32 Å². The lowest BCUT2D eigenvalue weighted by atomic mass is 9.99. The Morgan fingerprint density at radius 3 is 2.52 bits per heavy atom. The van der Waals surface area contributed by atoms with E-state index in [1.54, 1.807) is 4.88 Å². The molecular weight excluding hydrogens is 378 g/mol. The van der Waals surface area contributed by atoms with Crippen LogP contribution in [0.15, 0.2) is 0 Å². The summed E-state index contributed by atoms with van der Waals surface area (Å²) in [6.45, 7) is 11.5. The summed E-state index contributed by atoms with van der Waals surface area (Å²) in [4.78, 5) is 18.1. The zero-order valence-corrected chi connectivity index (χ0v) is 18.9. The van der Waals surface area contributed by atoms with E-state index in [4.69, 9.17) is 9.97 Å². The summed E-state index contributed by atoms with van der Waals surface area (Å²) < 4.78 is 0. The van der Waals surface area contributed by atoms with Gasteiger partial charge in [0.15, 0.2) is 0 Å². The average Bonchev–Trinajstić information content (AvgIpc) is 3.31. The van der Waals surface area contributed by atoms with E-state index in [0.29, 0.717) is 6.04 Å². The lowest BCUT2D eigenvalue weighted by molar-refractivity contribution is 0.181. The topological polar surface area (TPSA) is 44.3 Å². The van der Waals surface area contributed by atoms with Gasteiger partial charge in [0, 0.05) is 24.0 Å². The van der Waals surface area contributed by atoms with Crippen molar-refractivity contribution < 1.29 is 0 Å². The first-order valence-electron chi connectivity index (χ1n) is 11.7. The Morgan fingerprint density at radius 2 is 1.76 bits per heavy atom. The first kappa shape index (κ1) is 19.7. The van der Waals surface area contributed by atoms with E-state index in [1.165, 1.54) is 93.4 Å². The van der Waals surface area contributed by atoms with Crippen molar-refractivity contribution in [3.63, 3.8) is 0 Å². The van der Waals surface area contributed by atoms with Crippen LogP contribution in [0, 0.1) is 5.92 Å². The van der Waals surface area contributed by atoms with Crippen molar-refractivity contribution in [1.29, 1.82) is 0 Å². The molecule has 2 saturated heterocycles. The number of hydrogen-bond acceptors (Lipinski definition) is 6. The first-order chi connectivity index (χ1) is 14.2. The second-order valence-electron chi connectivity index (χ2n) is 9.34. The molecule has 1 aliphatic carbocycles. The molecule has 1 N–H and O–H groups in total. The van der Waals surface area contributed by atoms with Crippen LogP contribution in [0.4, 0.5) is 5.82 Å². The molecule has 5 nitrogen and oxygen atoms in total. The van der Waals surface area contributed by atoms with Gasteiger partial charge in [0.1, 0.15) is 16.5 Å². The summed E-state index contributed by atoms with van der Waals surface area (Å²) in [6.07, 6.45) is 8.75. The zero-order valence-electron chi connectivity index (χ0n) is 18.0. The quantitative estimate of drug-likeness (QED) is 0.791. The Morgan fingerprint density at radius 1 is 1.00 bits per heavy atom. The number of thiophene rings is 1. The Labute approximate surface area is 178 Å². The molecule has 0 atom stereocenters. The third-order valence-corrected chi connectivity index (χ3v) is 8.41. The molecular formula is C23H35N5S. The molecule has 2 aliphatic heterocycles. The van der Waals surface area contributed by atoms with E-state index in [9.17, 15) is 0 Å². The van der Waals surface area contributed by atoms with Crippen LogP contribution in [-0.2, 0) is 19.4 Å². The smallest absolute Gasteiger partial charge is 0.146 e. The SMILES string of the molecule is CCN1CCC(Nc2nc(CN3CCC(C)CC3)nc3sc4c(c23)CCC4)CC1. The summed E-state index contributed by atoms with van der Waals surface area (Å²) in [6, 6.07) is 0.538. The van der Waals surface area contributed by atoms with Gasteiger partial charge >= 0.3 is 0 Å². The molecule has 0 radical (unpaired) electrons. The Balaban J connectivity index is 1.41. The van der Waals surface area contributed by atoms with E-state index in [2.05, 4.69) is 29.0 Å². The van der Waals surface area contributed by atoms with Gasteiger partial charge in [-0.3, -0.25) is 4.90 Å². The maximum Gasteiger partial charge on any atom is 0.146 e. The van der Waals surface area contributed by atoms with Gasteiger partial charge in [0.05, 0.1) is 11.9 Å². The Bertz CT molecular complexity index is 847. The van der Waals surface area contributed by atoms with Gasteiger partial charge in [0.2, 0.25) is 0 Å². The van der Waals surface area contributed by atoms with Gasteiger partial charge in [-0.25, -0.2) is 9.97 Å². The number of nitrogens with one attached hydrogen (secondary N) is 1. The fraction of sp³-hybridized carbons (Fsp3) is 0.739. The standard InChI is InChI=1S/C23H35N5S/c1-3-27-13-9-17(10-14-27)24-22-21-18-5-4-6-19(18)29-23(21)26-20(25-22)15-28-11-7-16(2)8-12-28/h16-17H,3-15H2,1-2H3,(H,24,25,26). The predicted molar refractivity (Wildman–Crippen MR) is 122 cm³/mol. The van der Waals surface area contributed by atoms with Crippen molar-refractivity contribution in [1.82, 2.24) is 19.8 Å². The third kappa shape index (κ3) is 4.17. The van der Waals surface area contributed by atoms with Crippen LogP contribution in [0.1, 0.15) is 62.2 Å². The van der Waals surface area contributed by atoms with Gasteiger partial charge in [-0.2, -0.15) is 0 Å². The van der Waals surface area contributed by atoms with Crippen molar-refractivity contribution in [2.45, 2.75) is 71.4 Å². The fourth-order valence-electron chi connectivity index (χ4n) is 5.22. The number of hydrogen-bond donors (Lipinski definition) is 1. The normalized spacial score (nSPS) is 22.4. The third-order valence-electron chi connectivity index (χ3n) is 7.23. The molecule has 2 aromatic heterocycles. The molecule has 158 valence electrons. The highest BCUT2D eigenvalue weighted by Crippen LogP contribution is 2.40. The minimum atomic E-state index is 0.538. The lowest BCUT2D eigenvalue weighted by Gasteiger charge is -2.32. The molecule has 6 heteroatoms. The number of aryl methyl sites for hydroxylation is 2. The molecule has 0 amide bonds. The predicted octanol–water partition coefficient (Wildman–Crippen LogP) is 4.31. The highest BCUT2D eigenvalue weighted by molar-refractivity contribution is 7.19. The summed E-state index contributed by atoms with van der Waals surface area (Å²) in [5.41, 5.74) is 1.54. The van der Waals surface area contributed by atoms with Crippen molar-refractivity contribution >= 4 is 27.4 Å². The Kier molecular flexibility index (Phi) is 5.76. The van der Waals surface area contributed by atoms with Crippen molar-refractivity contribution in [2.24, 2.45) is 5.92 Å². The van der Waals surface area contributed by atoms with Crippen LogP contribution in [0.2, 0.25) is 0 Å². The number of piperidine rings is 2. The van der Waals surface area contributed by atoms with E-state index >= 15 is 0 Å².